The van der Waals surface area contributed by atoms with Crippen LogP contribution in [0.25, 0.3) is 10.9 Å². The van der Waals surface area contributed by atoms with Crippen molar-refractivity contribution in [1.82, 2.24) is 0 Å². The molecule has 0 radical (unpaired) electrons. The number of fused-ring (bicyclic) bond motifs is 1. The molecule has 2 rings (SSSR count). The lowest BCUT2D eigenvalue weighted by Crippen LogP contribution is -2.36. The Kier molecular flexibility index (Phi) is 2.23. The molecule has 0 saturated carbocycles. The van der Waals surface area contributed by atoms with E-state index < -0.39 is 0 Å². The van der Waals surface area contributed by atoms with Crippen molar-refractivity contribution in [3.63, 3.8) is 0 Å². The molecule has 0 aliphatic rings. The molecule has 0 unspecified atom stereocenters. The highest BCUT2D eigenvalue weighted by Gasteiger charge is 2.18. The van der Waals surface area contributed by atoms with Crippen LogP contribution in [0.5, 0.6) is 11.5 Å². The van der Waals surface area contributed by atoms with E-state index in [9.17, 15) is 10.2 Å². The lowest BCUT2D eigenvalue weighted by molar-refractivity contribution is -0.691. The Morgan fingerprint density at radius 3 is 2.47 bits per heavy atom. The van der Waals surface area contributed by atoms with Gasteiger partial charge in [0, 0.05) is 6.07 Å². The largest absolute Gasteiger partial charge is 0.504 e. The van der Waals surface area contributed by atoms with Crippen molar-refractivity contribution < 1.29 is 14.8 Å². The van der Waals surface area contributed by atoms with E-state index in [1.807, 2.05) is 36.6 Å². The van der Waals surface area contributed by atoms with Gasteiger partial charge in [-0.15, -0.1) is 0 Å². The maximum absolute atomic E-state index is 9.70. The fraction of sp³-hybridized carbons (Fsp3) is 0.250. The zero-order chi connectivity index (χ0) is 11.0. The van der Waals surface area contributed by atoms with Crippen molar-refractivity contribution in [1.29, 1.82) is 0 Å². The van der Waals surface area contributed by atoms with Crippen LogP contribution >= 0.6 is 0 Å². The number of hydrogen-bond acceptors (Lipinski definition) is 2. The van der Waals surface area contributed by atoms with Crippen LogP contribution in [0.4, 0.5) is 0 Å². The Morgan fingerprint density at radius 2 is 1.80 bits per heavy atom. The summed E-state index contributed by atoms with van der Waals surface area (Å²) in [4.78, 5) is 0. The zero-order valence-corrected chi connectivity index (χ0v) is 8.81. The van der Waals surface area contributed by atoms with E-state index in [2.05, 4.69) is 0 Å². The number of rotatable bonds is 1. The molecule has 2 N–H and O–H groups in total. The van der Waals surface area contributed by atoms with Gasteiger partial charge in [0.05, 0.1) is 5.39 Å². The second kappa shape index (κ2) is 3.42. The first kappa shape index (κ1) is 9.77. The van der Waals surface area contributed by atoms with Gasteiger partial charge in [-0.05, 0) is 19.9 Å². The van der Waals surface area contributed by atoms with Crippen LogP contribution in [0.3, 0.4) is 0 Å². The number of nitrogens with zero attached hydrogens (tertiary/aromatic N) is 1. The third kappa shape index (κ3) is 1.50. The molecule has 3 heteroatoms. The lowest BCUT2D eigenvalue weighted by Gasteiger charge is -2.06. The fourth-order valence-electron chi connectivity index (χ4n) is 1.73. The molecule has 0 aliphatic heterocycles. The van der Waals surface area contributed by atoms with Gasteiger partial charge < -0.3 is 10.2 Å². The van der Waals surface area contributed by atoms with E-state index in [4.69, 9.17) is 0 Å². The smallest absolute Gasteiger partial charge is 0.223 e. The molecular weight excluding hydrogens is 190 g/mol. The monoisotopic (exact) mass is 204 g/mol. The molecule has 78 valence electrons. The summed E-state index contributed by atoms with van der Waals surface area (Å²) in [6.07, 6.45) is 1.56. The zero-order valence-electron chi connectivity index (χ0n) is 8.81. The molecule has 1 aromatic carbocycles. The molecule has 3 nitrogen and oxygen atoms in total. The fourth-order valence-corrected chi connectivity index (χ4v) is 1.73. The van der Waals surface area contributed by atoms with Gasteiger partial charge in [0.2, 0.25) is 17.5 Å². The van der Waals surface area contributed by atoms with Crippen molar-refractivity contribution in [3.05, 3.63) is 30.5 Å². The van der Waals surface area contributed by atoms with E-state index in [1.165, 1.54) is 0 Å². The highest BCUT2D eigenvalue weighted by Crippen LogP contribution is 2.31. The second-order valence-corrected chi connectivity index (χ2v) is 3.88. The van der Waals surface area contributed by atoms with Gasteiger partial charge in [-0.25, -0.2) is 0 Å². The summed E-state index contributed by atoms with van der Waals surface area (Å²) in [7, 11) is 0. The lowest BCUT2D eigenvalue weighted by atomic mass is 10.1. The van der Waals surface area contributed by atoms with Crippen LogP contribution in [0, 0.1) is 0 Å². The van der Waals surface area contributed by atoms with Crippen LogP contribution < -0.4 is 4.57 Å². The predicted molar refractivity (Wildman–Crippen MR) is 57.9 cm³/mol. The van der Waals surface area contributed by atoms with Gasteiger partial charge in [-0.1, -0.05) is 12.1 Å². The molecule has 1 heterocycles. The summed E-state index contributed by atoms with van der Waals surface area (Å²) < 4.78 is 1.93. The molecule has 0 spiro atoms. The Hall–Kier alpha value is -1.77. The van der Waals surface area contributed by atoms with Gasteiger partial charge in [0.1, 0.15) is 0 Å². The summed E-state index contributed by atoms with van der Waals surface area (Å²) in [5.74, 6) is -0.134. The Morgan fingerprint density at radius 1 is 1.13 bits per heavy atom. The summed E-state index contributed by atoms with van der Waals surface area (Å²) in [5, 5.41) is 19.9. The molecule has 1 aromatic heterocycles. The molecule has 0 saturated heterocycles. The first-order valence-corrected chi connectivity index (χ1v) is 4.96. The third-order valence-corrected chi connectivity index (χ3v) is 2.50. The SMILES string of the molecule is CC(C)[n+]1cc(O)c(O)c2ccccc21. The van der Waals surface area contributed by atoms with E-state index in [0.29, 0.717) is 5.39 Å². The van der Waals surface area contributed by atoms with Crippen LogP contribution in [0.2, 0.25) is 0 Å². The van der Waals surface area contributed by atoms with Crippen molar-refractivity contribution in [2.75, 3.05) is 0 Å². The van der Waals surface area contributed by atoms with Crippen LogP contribution in [-0.2, 0) is 0 Å². The standard InChI is InChI=1S/C12H13NO2/c1-8(2)13-7-11(14)12(15)9-5-3-4-6-10(9)13/h3-8,14H,1-2H3/p+1. The Balaban J connectivity index is 2.88. The average Bonchev–Trinajstić information content (AvgIpc) is 2.23. The van der Waals surface area contributed by atoms with Gasteiger partial charge in [-0.2, -0.15) is 4.57 Å². The maximum Gasteiger partial charge on any atom is 0.223 e. The Bertz CT molecular complexity index is 506. The van der Waals surface area contributed by atoms with Crippen LogP contribution in [-0.4, -0.2) is 10.2 Å². The van der Waals surface area contributed by atoms with E-state index in [-0.39, 0.29) is 17.5 Å². The number of para-hydroxylation sites is 1. The van der Waals surface area contributed by atoms with Gasteiger partial charge >= 0.3 is 0 Å². The third-order valence-electron chi connectivity index (χ3n) is 2.50. The Labute approximate surface area is 88.2 Å². The second-order valence-electron chi connectivity index (χ2n) is 3.88. The van der Waals surface area contributed by atoms with E-state index >= 15 is 0 Å². The minimum absolute atomic E-state index is 0.0532. The van der Waals surface area contributed by atoms with E-state index in [1.54, 1.807) is 12.3 Å². The molecule has 15 heavy (non-hydrogen) atoms. The number of aromatic nitrogens is 1. The van der Waals surface area contributed by atoms with Crippen LogP contribution in [0.1, 0.15) is 19.9 Å². The molecule has 2 aromatic rings. The van der Waals surface area contributed by atoms with Gasteiger partial charge in [0.25, 0.3) is 0 Å². The summed E-state index contributed by atoms with van der Waals surface area (Å²) in [6.45, 7) is 4.06. The number of benzene rings is 1. The number of hydrogen-bond donors (Lipinski definition) is 2. The molecule has 0 amide bonds. The van der Waals surface area contributed by atoms with Crippen LogP contribution in [0.15, 0.2) is 30.5 Å². The first-order valence-electron chi connectivity index (χ1n) is 4.96. The van der Waals surface area contributed by atoms with Crippen molar-refractivity contribution in [3.8, 4) is 11.5 Å². The van der Waals surface area contributed by atoms with Gasteiger partial charge in [-0.3, -0.25) is 0 Å². The quantitative estimate of drug-likeness (QED) is 0.699. The summed E-state index contributed by atoms with van der Waals surface area (Å²) in [6, 6.07) is 7.71. The molecule has 0 atom stereocenters. The summed E-state index contributed by atoms with van der Waals surface area (Å²) >= 11 is 0. The number of aromatic hydroxyl groups is 2. The number of pyridine rings is 1. The van der Waals surface area contributed by atoms with Gasteiger partial charge in [0.15, 0.2) is 11.8 Å². The highest BCUT2D eigenvalue weighted by atomic mass is 16.3. The van der Waals surface area contributed by atoms with E-state index in [0.717, 1.165) is 5.52 Å². The highest BCUT2D eigenvalue weighted by molar-refractivity contribution is 5.84. The summed E-state index contributed by atoms with van der Waals surface area (Å²) in [5.41, 5.74) is 0.919. The predicted octanol–water partition coefficient (Wildman–Crippen LogP) is 2.12. The molecule has 0 aliphatic carbocycles. The van der Waals surface area contributed by atoms with Crippen molar-refractivity contribution >= 4 is 10.9 Å². The first-order chi connectivity index (χ1) is 7.11. The molecule has 0 fully saturated rings. The normalized spacial score (nSPS) is 11.1. The molecular formula is C12H14NO2+. The average molecular weight is 204 g/mol. The minimum atomic E-state index is -0.0811. The topological polar surface area (TPSA) is 44.3 Å². The van der Waals surface area contributed by atoms with Crippen molar-refractivity contribution in [2.24, 2.45) is 0 Å². The molecule has 0 bridgehead atoms. The van der Waals surface area contributed by atoms with Crippen molar-refractivity contribution in [2.45, 2.75) is 19.9 Å². The minimum Gasteiger partial charge on any atom is -0.504 e. The maximum atomic E-state index is 9.70.